The molecule has 2 aromatic carbocycles. The maximum Gasteiger partial charge on any atom is 0.416 e. The number of sulfonamides is 1. The molecule has 3 aromatic rings. The van der Waals surface area contributed by atoms with Gasteiger partial charge < -0.3 is 15.3 Å². The number of piperazine rings is 1. The van der Waals surface area contributed by atoms with Crippen LogP contribution in [0.15, 0.2) is 71.8 Å². The van der Waals surface area contributed by atoms with Gasteiger partial charge in [-0.1, -0.05) is 38.1 Å². The summed E-state index contributed by atoms with van der Waals surface area (Å²) >= 11 is 0. The maximum atomic E-state index is 13.6. The molecule has 1 fully saturated rings. The lowest BCUT2D eigenvalue weighted by Gasteiger charge is -2.40. The average molecular weight is 591 g/mol. The third kappa shape index (κ3) is 6.85. The first-order chi connectivity index (χ1) is 19.3. The van der Waals surface area contributed by atoms with Gasteiger partial charge in [-0.15, -0.1) is 0 Å². The van der Waals surface area contributed by atoms with Crippen LogP contribution < -0.4 is 10.2 Å². The normalized spacial score (nSPS) is 16.5. The molecule has 1 saturated heterocycles. The zero-order chi connectivity index (χ0) is 29.9. The molecule has 13 heteroatoms. The molecule has 0 spiro atoms. The second-order valence-corrected chi connectivity index (χ2v) is 11.8. The van der Waals surface area contributed by atoms with E-state index in [0.717, 1.165) is 27.6 Å². The van der Waals surface area contributed by atoms with Crippen LogP contribution in [0.4, 0.5) is 19.0 Å². The Morgan fingerprint density at radius 3 is 2.29 bits per heavy atom. The number of rotatable bonds is 8. The number of benzene rings is 2. The SMILES string of the molecule is CC(C)c1ccc(CNC(=O)[C@H]2CN(c3cc(C(=O)O)ccn3)CCN2S(=O)(=O)c2ccc(C(F)(F)F)cc2)cc1. The summed E-state index contributed by atoms with van der Waals surface area (Å²) in [6.45, 7) is 3.94. The summed E-state index contributed by atoms with van der Waals surface area (Å²) in [5.74, 6) is -1.22. The average Bonchev–Trinajstić information content (AvgIpc) is 2.95. The summed E-state index contributed by atoms with van der Waals surface area (Å²) in [7, 11) is -4.38. The van der Waals surface area contributed by atoms with Crippen LogP contribution in [0, 0.1) is 0 Å². The molecule has 0 radical (unpaired) electrons. The van der Waals surface area contributed by atoms with Crippen molar-refractivity contribution in [1.29, 1.82) is 0 Å². The molecular weight excluding hydrogens is 561 g/mol. The molecule has 2 heterocycles. The second-order valence-electron chi connectivity index (χ2n) is 9.92. The van der Waals surface area contributed by atoms with Crippen molar-refractivity contribution in [2.45, 2.75) is 43.4 Å². The predicted octanol–water partition coefficient (Wildman–Crippen LogP) is 4.12. The summed E-state index contributed by atoms with van der Waals surface area (Å²) in [6, 6.07) is 12.1. The van der Waals surface area contributed by atoms with E-state index in [0.29, 0.717) is 18.1 Å². The van der Waals surface area contributed by atoms with E-state index in [1.165, 1.54) is 18.3 Å². The Morgan fingerprint density at radius 1 is 1.05 bits per heavy atom. The van der Waals surface area contributed by atoms with Gasteiger partial charge in [0.15, 0.2) is 0 Å². The Balaban J connectivity index is 1.61. The van der Waals surface area contributed by atoms with Crippen LogP contribution in [-0.2, 0) is 27.5 Å². The van der Waals surface area contributed by atoms with E-state index in [1.807, 2.05) is 24.3 Å². The molecule has 0 aliphatic carbocycles. The van der Waals surface area contributed by atoms with E-state index in [-0.39, 0.29) is 42.5 Å². The smallest absolute Gasteiger partial charge is 0.416 e. The number of anilines is 1. The highest BCUT2D eigenvalue weighted by Gasteiger charge is 2.41. The van der Waals surface area contributed by atoms with Crippen LogP contribution in [0.1, 0.15) is 46.8 Å². The number of carboxylic acid groups (broad SMARTS) is 1. The first-order valence-electron chi connectivity index (χ1n) is 12.8. The largest absolute Gasteiger partial charge is 0.478 e. The van der Waals surface area contributed by atoms with Crippen LogP contribution in [-0.4, -0.2) is 60.4 Å². The van der Waals surface area contributed by atoms with E-state index in [2.05, 4.69) is 24.1 Å². The molecule has 0 unspecified atom stereocenters. The molecule has 1 aliphatic rings. The number of nitrogens with one attached hydrogen (secondary N) is 1. The van der Waals surface area contributed by atoms with Gasteiger partial charge in [-0.25, -0.2) is 18.2 Å². The lowest BCUT2D eigenvalue weighted by Crippen LogP contribution is -2.60. The van der Waals surface area contributed by atoms with E-state index in [4.69, 9.17) is 0 Å². The van der Waals surface area contributed by atoms with Crippen molar-refractivity contribution in [1.82, 2.24) is 14.6 Å². The Kier molecular flexibility index (Phi) is 8.69. The standard InChI is InChI=1S/C28H29F3N4O5S/c1-18(2)20-5-3-19(4-6-20)16-33-26(36)24-17-34(25-15-21(27(37)38)11-12-32-25)13-14-35(24)41(39,40)23-9-7-22(8-10-23)28(29,30)31/h3-12,15,18,24H,13-14,16-17H2,1-2H3,(H,33,36)(H,37,38)/t24-/m1/s1. The molecule has 41 heavy (non-hydrogen) atoms. The highest BCUT2D eigenvalue weighted by Crippen LogP contribution is 2.31. The van der Waals surface area contributed by atoms with Crippen LogP contribution in [0.25, 0.3) is 0 Å². The van der Waals surface area contributed by atoms with Gasteiger partial charge in [-0.3, -0.25) is 4.79 Å². The lowest BCUT2D eigenvalue weighted by atomic mass is 10.0. The van der Waals surface area contributed by atoms with Crippen molar-refractivity contribution >= 4 is 27.7 Å². The topological polar surface area (TPSA) is 120 Å². The van der Waals surface area contributed by atoms with Crippen molar-refractivity contribution in [2.75, 3.05) is 24.5 Å². The summed E-state index contributed by atoms with van der Waals surface area (Å²) in [5, 5.41) is 12.1. The fraction of sp³-hybridized carbons (Fsp3) is 0.321. The van der Waals surface area contributed by atoms with Gasteiger partial charge in [0, 0.05) is 32.4 Å². The molecular formula is C28H29F3N4O5S. The monoisotopic (exact) mass is 590 g/mol. The van der Waals surface area contributed by atoms with E-state index >= 15 is 0 Å². The molecule has 9 nitrogen and oxygen atoms in total. The van der Waals surface area contributed by atoms with Crippen LogP contribution >= 0.6 is 0 Å². The minimum Gasteiger partial charge on any atom is -0.478 e. The first-order valence-corrected chi connectivity index (χ1v) is 14.2. The molecule has 1 atom stereocenters. The Morgan fingerprint density at radius 2 is 1.71 bits per heavy atom. The van der Waals surface area contributed by atoms with Crippen molar-refractivity contribution in [3.8, 4) is 0 Å². The molecule has 1 amide bonds. The van der Waals surface area contributed by atoms with E-state index < -0.39 is 39.7 Å². The summed E-state index contributed by atoms with van der Waals surface area (Å²) in [5.41, 5.74) is 0.889. The van der Waals surface area contributed by atoms with E-state index in [9.17, 15) is 36.3 Å². The highest BCUT2D eigenvalue weighted by molar-refractivity contribution is 7.89. The molecule has 218 valence electrons. The third-order valence-corrected chi connectivity index (χ3v) is 8.77. The number of carboxylic acids is 1. The number of carbonyl (C=O) groups is 2. The van der Waals surface area contributed by atoms with Crippen molar-refractivity contribution in [3.05, 3.63) is 89.1 Å². The van der Waals surface area contributed by atoms with Gasteiger partial charge in [0.05, 0.1) is 16.0 Å². The molecule has 1 aromatic heterocycles. The number of alkyl halides is 3. The van der Waals surface area contributed by atoms with Crippen molar-refractivity contribution in [3.63, 3.8) is 0 Å². The summed E-state index contributed by atoms with van der Waals surface area (Å²) < 4.78 is 67.3. The Labute approximate surface area is 235 Å². The van der Waals surface area contributed by atoms with Gasteiger partial charge >= 0.3 is 12.1 Å². The predicted molar refractivity (Wildman–Crippen MR) is 145 cm³/mol. The molecule has 0 bridgehead atoms. The summed E-state index contributed by atoms with van der Waals surface area (Å²) in [4.78, 5) is 30.3. The lowest BCUT2D eigenvalue weighted by molar-refractivity contribution is -0.137. The van der Waals surface area contributed by atoms with Crippen molar-refractivity contribution in [2.24, 2.45) is 0 Å². The van der Waals surface area contributed by atoms with Gasteiger partial charge in [-0.05, 0) is 53.4 Å². The van der Waals surface area contributed by atoms with Crippen LogP contribution in [0.5, 0.6) is 0 Å². The fourth-order valence-corrected chi connectivity index (χ4v) is 6.05. The Hall–Kier alpha value is -3.97. The number of hydrogen-bond acceptors (Lipinski definition) is 6. The van der Waals surface area contributed by atoms with Gasteiger partial charge in [0.25, 0.3) is 0 Å². The Bertz CT molecular complexity index is 1510. The second kappa shape index (κ2) is 11.9. The fourth-order valence-electron chi connectivity index (χ4n) is 4.48. The zero-order valence-corrected chi connectivity index (χ0v) is 23.1. The maximum absolute atomic E-state index is 13.6. The molecule has 1 aliphatic heterocycles. The number of nitrogens with zero attached hydrogens (tertiary/aromatic N) is 3. The molecule has 4 rings (SSSR count). The van der Waals surface area contributed by atoms with Crippen LogP contribution in [0.3, 0.4) is 0 Å². The van der Waals surface area contributed by atoms with Gasteiger partial charge in [-0.2, -0.15) is 17.5 Å². The quantitative estimate of drug-likeness (QED) is 0.405. The van der Waals surface area contributed by atoms with E-state index in [1.54, 1.807) is 4.90 Å². The number of hydrogen-bond donors (Lipinski definition) is 2. The van der Waals surface area contributed by atoms with Gasteiger partial charge in [0.1, 0.15) is 11.9 Å². The number of aromatic carboxylic acids is 1. The minimum atomic E-state index is -4.64. The van der Waals surface area contributed by atoms with Gasteiger partial charge in [0.2, 0.25) is 15.9 Å². The third-order valence-electron chi connectivity index (χ3n) is 6.85. The zero-order valence-electron chi connectivity index (χ0n) is 22.3. The van der Waals surface area contributed by atoms with Crippen molar-refractivity contribution < 1.29 is 36.3 Å². The number of aromatic nitrogens is 1. The van der Waals surface area contributed by atoms with Crippen LogP contribution in [0.2, 0.25) is 0 Å². The number of amides is 1. The first kappa shape index (κ1) is 30.0. The number of pyridine rings is 1. The molecule has 2 N–H and O–H groups in total. The summed E-state index contributed by atoms with van der Waals surface area (Å²) in [6.07, 6.45) is -3.33. The highest BCUT2D eigenvalue weighted by atomic mass is 32.2. The number of halogens is 3. The minimum absolute atomic E-state index is 0.0272. The number of carbonyl (C=O) groups excluding carboxylic acids is 1. The molecule has 0 saturated carbocycles.